The van der Waals surface area contributed by atoms with Crippen LogP contribution in [0, 0.1) is 10.1 Å². The van der Waals surface area contributed by atoms with Gasteiger partial charge in [0.2, 0.25) is 0 Å². The van der Waals surface area contributed by atoms with Gasteiger partial charge in [-0.05, 0) is 31.9 Å². The molecule has 1 aromatic carbocycles. The lowest BCUT2D eigenvalue weighted by Crippen LogP contribution is -2.32. The number of nitrogens with zero attached hydrogens (tertiary/aromatic N) is 1. The van der Waals surface area contributed by atoms with Gasteiger partial charge in [0, 0.05) is 24.4 Å². The topological polar surface area (TPSA) is 64.4 Å². The van der Waals surface area contributed by atoms with Crippen molar-refractivity contribution in [2.75, 3.05) is 11.9 Å². The van der Waals surface area contributed by atoms with Gasteiger partial charge in [-0.25, -0.2) is 0 Å². The summed E-state index contributed by atoms with van der Waals surface area (Å²) in [4.78, 5) is 9.66. The van der Waals surface area contributed by atoms with Crippen molar-refractivity contribution in [3.8, 4) is 0 Å². The van der Waals surface area contributed by atoms with E-state index in [1.165, 1.54) is 6.07 Å². The summed E-state index contributed by atoms with van der Waals surface area (Å²) in [5.74, 6) is 0. The minimum Gasteiger partial charge on any atom is -0.382 e. The van der Waals surface area contributed by atoms with Crippen molar-refractivity contribution in [2.45, 2.75) is 38.1 Å². The molecule has 0 bridgehead atoms. The van der Waals surface area contributed by atoms with Gasteiger partial charge in [-0.1, -0.05) is 0 Å². The predicted octanol–water partition coefficient (Wildman–Crippen LogP) is 3.59. The van der Waals surface area contributed by atoms with E-state index >= 15 is 0 Å². The molecule has 2 atom stereocenters. The largest absolute Gasteiger partial charge is 0.423 e. The molecule has 0 amide bonds. The maximum absolute atomic E-state index is 12.9. The molecule has 1 heterocycles. The molecule has 1 aliphatic heterocycles. The van der Waals surface area contributed by atoms with E-state index in [1.54, 1.807) is 0 Å². The molecule has 0 saturated carbocycles. The number of benzene rings is 1. The number of hydrogen-bond acceptors (Lipinski definition) is 4. The minimum absolute atomic E-state index is 0.00344. The van der Waals surface area contributed by atoms with Gasteiger partial charge in [-0.15, -0.1) is 0 Å². The molecule has 0 radical (unpaired) electrons. The molecule has 1 fully saturated rings. The lowest BCUT2D eigenvalue weighted by atomic mass is 10.0. The average molecular weight is 304 g/mol. The molecule has 21 heavy (non-hydrogen) atoms. The van der Waals surface area contributed by atoms with E-state index in [-0.39, 0.29) is 17.8 Å². The SMILES string of the molecule is CC1CC(Nc2ccc([N+](=O)[O-])c(C(F)(F)F)c2)CCO1. The third kappa shape index (κ3) is 3.84. The standard InChI is InChI=1S/C13H15F3N2O3/c1-8-6-10(4-5-21-8)17-9-2-3-12(18(19)20)11(7-9)13(14,15)16/h2-3,7-8,10,17H,4-6H2,1H3. The summed E-state index contributed by atoms with van der Waals surface area (Å²) in [7, 11) is 0. The maximum Gasteiger partial charge on any atom is 0.423 e. The fourth-order valence-corrected chi connectivity index (χ4v) is 2.38. The molecule has 0 aromatic heterocycles. The Morgan fingerprint density at radius 1 is 1.43 bits per heavy atom. The maximum atomic E-state index is 12.9. The minimum atomic E-state index is -4.76. The van der Waals surface area contributed by atoms with Crippen molar-refractivity contribution >= 4 is 11.4 Å². The molecule has 2 rings (SSSR count). The predicted molar refractivity (Wildman–Crippen MR) is 70.2 cm³/mol. The number of alkyl halides is 3. The molecule has 2 unspecified atom stereocenters. The van der Waals surface area contributed by atoms with E-state index in [1.807, 2.05) is 6.92 Å². The molecular formula is C13H15F3N2O3. The van der Waals surface area contributed by atoms with E-state index in [9.17, 15) is 23.3 Å². The van der Waals surface area contributed by atoms with Crippen LogP contribution in [0.4, 0.5) is 24.5 Å². The van der Waals surface area contributed by atoms with Crippen molar-refractivity contribution in [3.05, 3.63) is 33.9 Å². The fraction of sp³-hybridized carbons (Fsp3) is 0.538. The van der Waals surface area contributed by atoms with Crippen LogP contribution in [0.1, 0.15) is 25.3 Å². The van der Waals surface area contributed by atoms with Crippen LogP contribution >= 0.6 is 0 Å². The summed E-state index contributed by atoms with van der Waals surface area (Å²) in [5, 5.41) is 13.7. The molecule has 0 spiro atoms. The van der Waals surface area contributed by atoms with Gasteiger partial charge < -0.3 is 10.1 Å². The molecule has 1 aliphatic rings. The van der Waals surface area contributed by atoms with Gasteiger partial charge >= 0.3 is 6.18 Å². The van der Waals surface area contributed by atoms with Gasteiger partial charge in [0.05, 0.1) is 11.0 Å². The van der Waals surface area contributed by atoms with Crippen LogP contribution in [0.3, 0.4) is 0 Å². The van der Waals surface area contributed by atoms with Crippen molar-refractivity contribution in [1.82, 2.24) is 0 Å². The van der Waals surface area contributed by atoms with Crippen LogP contribution in [-0.4, -0.2) is 23.7 Å². The van der Waals surface area contributed by atoms with E-state index in [0.29, 0.717) is 19.4 Å². The van der Waals surface area contributed by atoms with E-state index < -0.39 is 22.4 Å². The number of nitrogens with one attached hydrogen (secondary N) is 1. The highest BCUT2D eigenvalue weighted by Gasteiger charge is 2.38. The third-order valence-corrected chi connectivity index (χ3v) is 3.35. The molecule has 1 aromatic rings. The monoisotopic (exact) mass is 304 g/mol. The highest BCUT2D eigenvalue weighted by molar-refractivity contribution is 5.55. The van der Waals surface area contributed by atoms with Gasteiger partial charge in [0.1, 0.15) is 5.56 Å². The number of rotatable bonds is 3. The summed E-state index contributed by atoms with van der Waals surface area (Å²) in [6.07, 6.45) is -3.36. The van der Waals surface area contributed by atoms with Gasteiger partial charge in [-0.2, -0.15) is 13.2 Å². The van der Waals surface area contributed by atoms with Crippen LogP contribution in [-0.2, 0) is 10.9 Å². The van der Waals surface area contributed by atoms with E-state index in [2.05, 4.69) is 5.32 Å². The first-order chi connectivity index (χ1) is 9.77. The third-order valence-electron chi connectivity index (χ3n) is 3.35. The Morgan fingerprint density at radius 3 is 2.71 bits per heavy atom. The number of hydrogen-bond donors (Lipinski definition) is 1. The van der Waals surface area contributed by atoms with Crippen LogP contribution in [0.25, 0.3) is 0 Å². The molecule has 116 valence electrons. The molecular weight excluding hydrogens is 289 g/mol. The number of nitro groups is 1. The summed E-state index contributed by atoms with van der Waals surface area (Å²) < 4.78 is 44.0. The molecule has 1 N–H and O–H groups in total. The normalized spacial score (nSPS) is 22.9. The lowest BCUT2D eigenvalue weighted by molar-refractivity contribution is -0.388. The highest BCUT2D eigenvalue weighted by Crippen LogP contribution is 2.37. The van der Waals surface area contributed by atoms with E-state index in [0.717, 1.165) is 12.1 Å². The molecule has 8 heteroatoms. The first-order valence-corrected chi connectivity index (χ1v) is 6.51. The summed E-state index contributed by atoms with van der Waals surface area (Å²) in [5.41, 5.74) is -1.95. The van der Waals surface area contributed by atoms with Crippen LogP contribution < -0.4 is 5.32 Å². The number of halogens is 3. The molecule has 1 saturated heterocycles. The quantitative estimate of drug-likeness (QED) is 0.684. The Balaban J connectivity index is 2.23. The Hall–Kier alpha value is -1.83. The van der Waals surface area contributed by atoms with Gasteiger partial charge in [-0.3, -0.25) is 10.1 Å². The van der Waals surface area contributed by atoms with Crippen molar-refractivity contribution in [2.24, 2.45) is 0 Å². The summed E-state index contributed by atoms with van der Waals surface area (Å²) in [6.45, 7) is 2.43. The first-order valence-electron chi connectivity index (χ1n) is 6.51. The van der Waals surface area contributed by atoms with Crippen LogP contribution in [0.2, 0.25) is 0 Å². The lowest BCUT2D eigenvalue weighted by Gasteiger charge is -2.28. The summed E-state index contributed by atoms with van der Waals surface area (Å²) in [6, 6.07) is 2.97. The van der Waals surface area contributed by atoms with Gasteiger partial charge in [0.15, 0.2) is 0 Å². The molecule has 5 nitrogen and oxygen atoms in total. The van der Waals surface area contributed by atoms with Gasteiger partial charge in [0.25, 0.3) is 5.69 Å². The summed E-state index contributed by atoms with van der Waals surface area (Å²) >= 11 is 0. The van der Waals surface area contributed by atoms with Crippen LogP contribution in [0.5, 0.6) is 0 Å². The zero-order valence-corrected chi connectivity index (χ0v) is 11.3. The smallest absolute Gasteiger partial charge is 0.382 e. The zero-order chi connectivity index (χ0) is 15.6. The van der Waals surface area contributed by atoms with Crippen molar-refractivity contribution in [1.29, 1.82) is 0 Å². The number of ether oxygens (including phenoxy) is 1. The molecule has 0 aliphatic carbocycles. The zero-order valence-electron chi connectivity index (χ0n) is 11.3. The Labute approximate surface area is 119 Å². The van der Waals surface area contributed by atoms with Crippen molar-refractivity contribution in [3.63, 3.8) is 0 Å². The van der Waals surface area contributed by atoms with Crippen LogP contribution in [0.15, 0.2) is 18.2 Å². The first kappa shape index (κ1) is 15.6. The van der Waals surface area contributed by atoms with E-state index in [4.69, 9.17) is 4.74 Å². The second-order valence-corrected chi connectivity index (χ2v) is 5.03. The Bertz CT molecular complexity index is 534. The highest BCUT2D eigenvalue weighted by atomic mass is 19.4. The van der Waals surface area contributed by atoms with Crippen molar-refractivity contribution < 1.29 is 22.8 Å². The number of anilines is 1. The Kier molecular flexibility index (Phi) is 4.36. The second kappa shape index (κ2) is 5.88. The number of nitro benzene ring substituents is 1. The second-order valence-electron chi connectivity index (χ2n) is 5.03. The average Bonchev–Trinajstić information content (AvgIpc) is 2.37. The fourth-order valence-electron chi connectivity index (χ4n) is 2.38. The Morgan fingerprint density at radius 2 is 2.14 bits per heavy atom.